The maximum Gasteiger partial charge on any atom is 0.251 e. The van der Waals surface area contributed by atoms with Gasteiger partial charge < -0.3 is 31.7 Å². The normalized spacial score (nSPS) is 9.78. The quantitative estimate of drug-likeness (QED) is 0.274. The number of hydrogen-bond donors (Lipinski definition) is 5. The van der Waals surface area contributed by atoms with Crippen LogP contribution in [0.4, 0.5) is 4.39 Å². The SMILES string of the molecule is C.CCCc1onc(-c2ccc(F)c(Cl)c2)c1-c1ccccc1S(N)(=O)=O.NC(O)=S.NC(O)=S.O. The van der Waals surface area contributed by atoms with E-state index < -0.39 is 26.2 Å². The summed E-state index contributed by atoms with van der Waals surface area (Å²) in [5, 5.41) is 23.5. The second-order valence-corrected chi connectivity index (χ2v) is 9.20. The van der Waals surface area contributed by atoms with Crippen molar-refractivity contribution in [3.63, 3.8) is 0 Å². The second-order valence-electron chi connectivity index (χ2n) is 6.43. The smallest absolute Gasteiger partial charge is 0.251 e. The number of primary sulfonamides is 1. The fourth-order valence-electron chi connectivity index (χ4n) is 2.76. The highest BCUT2D eigenvalue weighted by atomic mass is 35.5. The molecule has 1 aromatic heterocycles. The number of aliphatic hydroxyl groups excluding tert-OH is 2. The Balaban J connectivity index is 0. The lowest BCUT2D eigenvalue weighted by Gasteiger charge is -2.09. The van der Waals surface area contributed by atoms with E-state index in [2.05, 4.69) is 41.1 Å². The molecule has 2 aromatic carbocycles. The number of hydrogen-bond acceptors (Lipinski definition) is 6. The van der Waals surface area contributed by atoms with Crippen LogP contribution in [0.5, 0.6) is 0 Å². The molecule has 3 aromatic rings. The summed E-state index contributed by atoms with van der Waals surface area (Å²) in [7, 11) is -3.96. The lowest BCUT2D eigenvalue weighted by atomic mass is 9.97. The van der Waals surface area contributed by atoms with Gasteiger partial charge in [0.1, 0.15) is 17.3 Å². The Bertz CT molecular complexity index is 1250. The molecule has 10 N–H and O–H groups in total. The van der Waals surface area contributed by atoms with Gasteiger partial charge in [0.2, 0.25) is 10.0 Å². The van der Waals surface area contributed by atoms with Crippen LogP contribution in [0.3, 0.4) is 0 Å². The number of aromatic nitrogens is 1. The van der Waals surface area contributed by atoms with Crippen molar-refractivity contribution in [1.82, 2.24) is 5.16 Å². The van der Waals surface area contributed by atoms with Crippen LogP contribution in [0.1, 0.15) is 26.5 Å². The molecule has 0 atom stereocenters. The van der Waals surface area contributed by atoms with Crippen molar-refractivity contribution in [2.24, 2.45) is 16.6 Å². The minimum absolute atomic E-state index is 0. The van der Waals surface area contributed by atoms with Gasteiger partial charge in [-0.15, -0.1) is 0 Å². The van der Waals surface area contributed by atoms with Gasteiger partial charge in [0, 0.05) is 17.5 Å². The summed E-state index contributed by atoms with van der Waals surface area (Å²) in [6.07, 6.45) is 1.32. The lowest BCUT2D eigenvalue weighted by Crippen LogP contribution is -2.13. The van der Waals surface area contributed by atoms with Crippen LogP contribution in [0.25, 0.3) is 22.4 Å². The summed E-state index contributed by atoms with van der Waals surface area (Å²) >= 11 is 13.6. The molecule has 0 saturated heterocycles. The van der Waals surface area contributed by atoms with Crippen LogP contribution in [0.15, 0.2) is 51.9 Å². The van der Waals surface area contributed by atoms with Crippen molar-refractivity contribution in [3.8, 4) is 22.4 Å². The van der Waals surface area contributed by atoms with Crippen molar-refractivity contribution < 1.29 is 33.0 Å². The predicted molar refractivity (Wildman–Crippen MR) is 147 cm³/mol. The highest BCUT2D eigenvalue weighted by Gasteiger charge is 2.24. The molecule has 0 unspecified atom stereocenters. The van der Waals surface area contributed by atoms with Crippen LogP contribution in [-0.2, 0) is 16.4 Å². The molecule has 0 radical (unpaired) electrons. The first kappa shape index (κ1) is 35.3. The van der Waals surface area contributed by atoms with Crippen molar-refractivity contribution in [3.05, 3.63) is 59.1 Å². The van der Waals surface area contributed by atoms with Crippen molar-refractivity contribution in [2.75, 3.05) is 0 Å². The fourth-order valence-corrected chi connectivity index (χ4v) is 3.69. The third-order valence-corrected chi connectivity index (χ3v) is 5.15. The van der Waals surface area contributed by atoms with Gasteiger partial charge in [-0.05, 0) is 55.1 Å². The van der Waals surface area contributed by atoms with E-state index in [0.29, 0.717) is 34.6 Å². The number of halogens is 2. The molecule has 0 aliphatic rings. The van der Waals surface area contributed by atoms with Gasteiger partial charge in [-0.1, -0.05) is 49.3 Å². The van der Waals surface area contributed by atoms with E-state index in [4.69, 9.17) is 31.5 Å². The van der Waals surface area contributed by atoms with E-state index in [-0.39, 0.29) is 22.8 Å². The van der Waals surface area contributed by atoms with Gasteiger partial charge in [0.15, 0.2) is 0 Å². The highest BCUT2D eigenvalue weighted by Crippen LogP contribution is 2.39. The van der Waals surface area contributed by atoms with Gasteiger partial charge in [-0.25, -0.2) is 17.9 Å². The average Bonchev–Trinajstić information content (AvgIpc) is 3.12. The Hall–Kier alpha value is -2.88. The third-order valence-electron chi connectivity index (χ3n) is 3.90. The maximum absolute atomic E-state index is 13.5. The van der Waals surface area contributed by atoms with E-state index in [9.17, 15) is 12.8 Å². The minimum atomic E-state index is -3.96. The number of thiocarbonyl (C=S) groups is 2. The predicted octanol–water partition coefficient (Wildman–Crippen LogP) is 3.79. The molecule has 3 rings (SSSR count). The molecule has 0 saturated carbocycles. The molecule has 15 heteroatoms. The average molecular weight is 583 g/mol. The van der Waals surface area contributed by atoms with E-state index in [0.717, 1.165) is 6.42 Å². The standard InChI is InChI=1S/C18H16ClFN2O3S.2CH3NOS.CH4.H2O/c1-2-5-15-17(12-6-3-4-7-16(12)26(21,23)24)18(22-25-15)11-8-9-14(20)13(19)10-11;2*2-1(3)4;;/h3-4,6-10H,2,5H2,1H3,(H2,21,23,24);2*(H3,2,3,4);1H4;1H2. The first-order valence-corrected chi connectivity index (χ1v) is 12.1. The molecular weight excluding hydrogens is 555 g/mol. The molecule has 0 bridgehead atoms. The Morgan fingerprint density at radius 3 is 2.14 bits per heavy atom. The molecule has 0 amide bonds. The molecule has 0 spiro atoms. The number of nitrogens with zero attached hydrogens (tertiary/aromatic N) is 1. The van der Waals surface area contributed by atoms with E-state index in [1.54, 1.807) is 18.2 Å². The third kappa shape index (κ3) is 10.8. The molecular formula is C21H28ClFN4O6S3. The zero-order chi connectivity index (χ0) is 26.1. The van der Waals surface area contributed by atoms with E-state index >= 15 is 0 Å². The summed E-state index contributed by atoms with van der Waals surface area (Å²) < 4.78 is 43.0. The molecule has 0 fully saturated rings. The van der Waals surface area contributed by atoms with Gasteiger partial charge in [-0.2, -0.15) is 0 Å². The summed E-state index contributed by atoms with van der Waals surface area (Å²) in [5.74, 6) is -0.0294. The number of sulfonamides is 1. The number of nitrogens with two attached hydrogens (primary N) is 3. The van der Waals surface area contributed by atoms with Gasteiger partial charge >= 0.3 is 0 Å². The van der Waals surface area contributed by atoms with Gasteiger partial charge in [0.05, 0.1) is 15.5 Å². The monoisotopic (exact) mass is 582 g/mol. The summed E-state index contributed by atoms with van der Waals surface area (Å²) in [5.41, 5.74) is 10.6. The maximum atomic E-state index is 13.5. The first-order chi connectivity index (χ1) is 15.8. The zero-order valence-corrected chi connectivity index (χ0v) is 21.4. The minimum Gasteiger partial charge on any atom is -0.487 e. The van der Waals surface area contributed by atoms with Crippen LogP contribution >= 0.6 is 36.0 Å². The zero-order valence-electron chi connectivity index (χ0n) is 18.2. The Labute approximate surface area is 224 Å². The van der Waals surface area contributed by atoms with Crippen molar-refractivity contribution in [1.29, 1.82) is 0 Å². The first-order valence-electron chi connectivity index (χ1n) is 9.32. The van der Waals surface area contributed by atoms with E-state index in [1.807, 2.05) is 6.92 Å². The fraction of sp³-hybridized carbons (Fsp3) is 0.190. The van der Waals surface area contributed by atoms with Crippen LogP contribution in [0, 0.1) is 5.82 Å². The number of aliphatic hydroxyl groups is 2. The van der Waals surface area contributed by atoms with Gasteiger partial charge in [0.25, 0.3) is 10.3 Å². The Morgan fingerprint density at radius 2 is 1.67 bits per heavy atom. The highest BCUT2D eigenvalue weighted by molar-refractivity contribution is 7.89. The molecule has 200 valence electrons. The Kier molecular flexibility index (Phi) is 15.7. The summed E-state index contributed by atoms with van der Waals surface area (Å²) in [6, 6.07) is 10.5. The van der Waals surface area contributed by atoms with Crippen molar-refractivity contribution >= 4 is 56.4 Å². The number of aryl methyl sites for hydroxylation is 1. The topological polar surface area (TPSA) is 210 Å². The largest absolute Gasteiger partial charge is 0.487 e. The second kappa shape index (κ2) is 16.0. The number of benzene rings is 2. The van der Waals surface area contributed by atoms with E-state index in [1.165, 1.54) is 24.3 Å². The lowest BCUT2D eigenvalue weighted by molar-refractivity contribution is 0.385. The number of rotatable bonds is 5. The molecule has 1 heterocycles. The molecule has 0 aliphatic carbocycles. The van der Waals surface area contributed by atoms with Crippen LogP contribution < -0.4 is 16.6 Å². The van der Waals surface area contributed by atoms with Crippen molar-refractivity contribution in [2.45, 2.75) is 32.1 Å². The molecule has 0 aliphatic heterocycles. The summed E-state index contributed by atoms with van der Waals surface area (Å²) in [6.45, 7) is 1.96. The Morgan fingerprint density at radius 1 is 1.14 bits per heavy atom. The molecule has 36 heavy (non-hydrogen) atoms. The molecule has 10 nitrogen and oxygen atoms in total. The summed E-state index contributed by atoms with van der Waals surface area (Å²) in [4.78, 5) is -0.0324. The van der Waals surface area contributed by atoms with Gasteiger partial charge in [-0.3, -0.25) is 0 Å². The van der Waals surface area contributed by atoms with Crippen LogP contribution in [-0.4, -0.2) is 39.6 Å². The van der Waals surface area contributed by atoms with Crippen LogP contribution in [0.2, 0.25) is 5.02 Å².